The van der Waals surface area contributed by atoms with Gasteiger partial charge in [-0.25, -0.2) is 15.0 Å². The van der Waals surface area contributed by atoms with Gasteiger partial charge in [-0.05, 0) is 39.6 Å². The fourth-order valence-corrected chi connectivity index (χ4v) is 6.32. The van der Waals surface area contributed by atoms with Crippen molar-refractivity contribution in [3.05, 3.63) is 158 Å². The van der Waals surface area contributed by atoms with E-state index in [1.54, 1.807) is 6.20 Å². The maximum atomic E-state index is 6.28. The lowest BCUT2D eigenvalue weighted by Crippen LogP contribution is -2.01. The minimum Gasteiger partial charge on any atom is -0.454 e. The molecule has 0 aliphatic carbocycles. The van der Waals surface area contributed by atoms with E-state index in [2.05, 4.69) is 83.8 Å². The zero-order valence-electron chi connectivity index (χ0n) is 25.2. The van der Waals surface area contributed by atoms with Gasteiger partial charge in [0.25, 0.3) is 0 Å². The predicted octanol–water partition coefficient (Wildman–Crippen LogP) is 10.7. The van der Waals surface area contributed by atoms with Crippen molar-refractivity contribution in [3.8, 4) is 56.4 Å². The van der Waals surface area contributed by atoms with Crippen LogP contribution in [-0.2, 0) is 0 Å². The van der Waals surface area contributed by atoms with E-state index in [1.165, 1.54) is 5.39 Å². The van der Waals surface area contributed by atoms with Gasteiger partial charge < -0.3 is 4.42 Å². The molecule has 0 unspecified atom stereocenters. The van der Waals surface area contributed by atoms with Gasteiger partial charge in [-0.1, -0.05) is 133 Å². The van der Waals surface area contributed by atoms with E-state index >= 15 is 0 Å². The summed E-state index contributed by atoms with van der Waals surface area (Å²) in [6, 6.07) is 49.7. The highest BCUT2D eigenvalue weighted by atomic mass is 16.3. The van der Waals surface area contributed by atoms with Crippen molar-refractivity contribution in [2.45, 2.75) is 0 Å². The molecule has 0 fully saturated rings. The number of pyridine rings is 1. The van der Waals surface area contributed by atoms with Crippen LogP contribution >= 0.6 is 0 Å². The summed E-state index contributed by atoms with van der Waals surface area (Å²) in [6.07, 6.45) is 3.71. The third-order valence-corrected chi connectivity index (χ3v) is 8.62. The van der Waals surface area contributed by atoms with Gasteiger partial charge in [-0.15, -0.1) is 0 Å². The third kappa shape index (κ3) is 4.82. The van der Waals surface area contributed by atoms with E-state index in [-0.39, 0.29) is 0 Å². The first-order chi connectivity index (χ1) is 23.3. The quantitative estimate of drug-likeness (QED) is 0.196. The predicted molar refractivity (Wildman–Crippen MR) is 190 cm³/mol. The number of fused-ring (bicyclic) bond motifs is 4. The molecule has 9 rings (SSSR count). The van der Waals surface area contributed by atoms with E-state index < -0.39 is 0 Å². The van der Waals surface area contributed by atoms with Crippen molar-refractivity contribution < 1.29 is 4.42 Å². The van der Waals surface area contributed by atoms with Crippen LogP contribution in [0.1, 0.15) is 0 Å². The topological polar surface area (TPSA) is 64.7 Å². The Kier molecular flexibility index (Phi) is 6.39. The zero-order chi connectivity index (χ0) is 31.2. The van der Waals surface area contributed by atoms with Crippen molar-refractivity contribution in [3.63, 3.8) is 0 Å². The van der Waals surface area contributed by atoms with E-state index in [4.69, 9.17) is 19.4 Å². The fraction of sp³-hybridized carbons (Fsp3) is 0. The first kappa shape index (κ1) is 26.9. The largest absolute Gasteiger partial charge is 0.454 e. The van der Waals surface area contributed by atoms with Crippen LogP contribution in [0.2, 0.25) is 0 Å². The highest BCUT2D eigenvalue weighted by Crippen LogP contribution is 2.38. The molecule has 0 atom stereocenters. The molecule has 0 bridgehead atoms. The van der Waals surface area contributed by atoms with Crippen molar-refractivity contribution in [2.24, 2.45) is 0 Å². The molecule has 6 aromatic carbocycles. The van der Waals surface area contributed by atoms with Crippen molar-refractivity contribution >= 4 is 32.7 Å². The molecule has 0 saturated heterocycles. The SMILES string of the molecule is c1ccc(-c2nc(-c3ccc(-c4cncc5oc6cc7ccccc7cc6c45)cc3)nc(-c3ccccc3-c3ccccc3)n2)cc1. The van der Waals surface area contributed by atoms with Crippen molar-refractivity contribution in [2.75, 3.05) is 0 Å². The Bertz CT molecular complexity index is 2560. The van der Waals surface area contributed by atoms with Crippen LogP contribution in [0.5, 0.6) is 0 Å². The molecule has 0 amide bonds. The minimum atomic E-state index is 0.611. The first-order valence-corrected chi connectivity index (χ1v) is 15.5. The highest BCUT2D eigenvalue weighted by molar-refractivity contribution is 6.15. The second-order valence-electron chi connectivity index (χ2n) is 11.5. The molecule has 220 valence electrons. The van der Waals surface area contributed by atoms with E-state index in [1.807, 2.05) is 72.9 Å². The van der Waals surface area contributed by atoms with Gasteiger partial charge in [-0.3, -0.25) is 4.98 Å². The number of hydrogen-bond acceptors (Lipinski definition) is 5. The Morgan fingerprint density at radius 3 is 1.64 bits per heavy atom. The van der Waals surface area contributed by atoms with E-state index in [0.29, 0.717) is 17.5 Å². The first-order valence-electron chi connectivity index (χ1n) is 15.5. The average molecular weight is 603 g/mol. The zero-order valence-corrected chi connectivity index (χ0v) is 25.2. The second kappa shape index (κ2) is 11.2. The lowest BCUT2D eigenvalue weighted by molar-refractivity contribution is 0.667. The van der Waals surface area contributed by atoms with Gasteiger partial charge in [0.1, 0.15) is 5.58 Å². The molecule has 3 aromatic heterocycles. The molecule has 5 nitrogen and oxygen atoms in total. The molecular formula is C42H26N4O. The Hall–Kier alpha value is -6.46. The summed E-state index contributed by atoms with van der Waals surface area (Å²) in [7, 11) is 0. The van der Waals surface area contributed by atoms with Gasteiger partial charge in [0, 0.05) is 39.2 Å². The van der Waals surface area contributed by atoms with Gasteiger partial charge in [0.05, 0.1) is 6.20 Å². The molecule has 5 heteroatoms. The molecule has 0 radical (unpaired) electrons. The molecule has 0 aliphatic rings. The highest BCUT2D eigenvalue weighted by Gasteiger charge is 2.17. The molecule has 0 N–H and O–H groups in total. The summed E-state index contributed by atoms with van der Waals surface area (Å²) in [5, 5.41) is 4.46. The van der Waals surface area contributed by atoms with Gasteiger partial charge in [-0.2, -0.15) is 0 Å². The van der Waals surface area contributed by atoms with Crippen LogP contribution < -0.4 is 0 Å². The van der Waals surface area contributed by atoms with E-state index in [9.17, 15) is 0 Å². The number of rotatable bonds is 5. The van der Waals surface area contributed by atoms with Gasteiger partial charge >= 0.3 is 0 Å². The Labute approximate surface area is 270 Å². The summed E-state index contributed by atoms with van der Waals surface area (Å²) >= 11 is 0. The van der Waals surface area contributed by atoms with Gasteiger partial charge in [0.15, 0.2) is 23.1 Å². The smallest absolute Gasteiger partial charge is 0.164 e. The van der Waals surface area contributed by atoms with Gasteiger partial charge in [0.2, 0.25) is 0 Å². The molecule has 47 heavy (non-hydrogen) atoms. The lowest BCUT2D eigenvalue weighted by Gasteiger charge is -2.12. The monoisotopic (exact) mass is 602 g/mol. The number of nitrogens with zero attached hydrogens (tertiary/aromatic N) is 4. The Morgan fingerprint density at radius 1 is 0.383 bits per heavy atom. The molecule has 3 heterocycles. The third-order valence-electron chi connectivity index (χ3n) is 8.62. The second-order valence-corrected chi connectivity index (χ2v) is 11.5. The summed E-state index contributed by atoms with van der Waals surface area (Å²) in [5.74, 6) is 1.87. The summed E-state index contributed by atoms with van der Waals surface area (Å²) in [5.41, 5.74) is 8.64. The van der Waals surface area contributed by atoms with Crippen LogP contribution in [0.25, 0.3) is 89.1 Å². The summed E-state index contributed by atoms with van der Waals surface area (Å²) in [4.78, 5) is 19.5. The normalized spacial score (nSPS) is 11.4. The standard InChI is InChI=1S/C42H26N4O/c1-3-11-27(12-4-1)33-17-9-10-18-34(33)42-45-40(29-13-5-2-6-14-29)44-41(46-42)30-21-19-28(20-22-30)36-25-43-26-38-39(36)35-23-31-15-7-8-16-32(31)24-37(35)47-38/h1-26H. The van der Waals surface area contributed by atoms with Crippen LogP contribution in [-0.4, -0.2) is 19.9 Å². The molecule has 9 aromatic rings. The Morgan fingerprint density at radius 2 is 0.915 bits per heavy atom. The van der Waals surface area contributed by atoms with Crippen LogP contribution in [0.3, 0.4) is 0 Å². The van der Waals surface area contributed by atoms with Crippen LogP contribution in [0, 0.1) is 0 Å². The van der Waals surface area contributed by atoms with Crippen molar-refractivity contribution in [1.82, 2.24) is 19.9 Å². The molecule has 0 spiro atoms. The molecular weight excluding hydrogens is 576 g/mol. The number of furan rings is 1. The maximum Gasteiger partial charge on any atom is 0.164 e. The maximum absolute atomic E-state index is 6.28. The van der Waals surface area contributed by atoms with Crippen molar-refractivity contribution in [1.29, 1.82) is 0 Å². The summed E-state index contributed by atoms with van der Waals surface area (Å²) in [6.45, 7) is 0. The lowest BCUT2D eigenvalue weighted by atomic mass is 9.98. The summed E-state index contributed by atoms with van der Waals surface area (Å²) < 4.78 is 6.28. The Balaban J connectivity index is 1.17. The molecule has 0 aliphatic heterocycles. The fourth-order valence-electron chi connectivity index (χ4n) is 6.32. The minimum absolute atomic E-state index is 0.611. The number of benzene rings is 6. The van der Waals surface area contributed by atoms with E-state index in [0.717, 1.165) is 66.3 Å². The average Bonchev–Trinajstić information content (AvgIpc) is 3.52. The van der Waals surface area contributed by atoms with Crippen LogP contribution in [0.4, 0.5) is 0 Å². The molecule has 0 saturated carbocycles. The number of hydrogen-bond donors (Lipinski definition) is 0. The number of aromatic nitrogens is 4. The van der Waals surface area contributed by atoms with Crippen LogP contribution in [0.15, 0.2) is 162 Å².